The van der Waals surface area contributed by atoms with Crippen LogP contribution in [0.25, 0.3) is 0 Å². The Morgan fingerprint density at radius 1 is 0.917 bits per heavy atom. The van der Waals surface area contributed by atoms with Gasteiger partial charge in [0.05, 0.1) is 16.8 Å². The van der Waals surface area contributed by atoms with Crippen molar-refractivity contribution >= 4 is 46.4 Å². The Balaban J connectivity index is 1.36. The van der Waals surface area contributed by atoms with E-state index in [1.54, 1.807) is 0 Å². The summed E-state index contributed by atoms with van der Waals surface area (Å²) in [5.74, 6) is 0.991. The van der Waals surface area contributed by atoms with Gasteiger partial charge in [-0.2, -0.15) is 0 Å². The molecule has 4 rings (SSSR count). The minimum absolute atomic E-state index is 0.0486. The van der Waals surface area contributed by atoms with E-state index in [-0.39, 0.29) is 11.5 Å². The highest BCUT2D eigenvalue weighted by Gasteiger charge is 2.31. The maximum atomic E-state index is 12.6. The van der Waals surface area contributed by atoms with Crippen molar-refractivity contribution in [2.45, 2.75) is 52.5 Å². The van der Waals surface area contributed by atoms with Gasteiger partial charge in [0.1, 0.15) is 0 Å². The van der Waals surface area contributed by atoms with Crippen LogP contribution >= 0.6 is 34.8 Å². The first-order valence-corrected chi connectivity index (χ1v) is 14.2. The van der Waals surface area contributed by atoms with Crippen molar-refractivity contribution in [3.8, 4) is 0 Å². The van der Waals surface area contributed by atoms with Crippen molar-refractivity contribution in [2.24, 2.45) is 11.3 Å². The van der Waals surface area contributed by atoms with Gasteiger partial charge in [0.2, 0.25) is 5.91 Å². The number of carbonyl (C=O) groups is 1. The van der Waals surface area contributed by atoms with Gasteiger partial charge in [-0.15, -0.1) is 0 Å². The molecular weight excluding hydrogens is 513 g/mol. The quantitative estimate of drug-likeness (QED) is 0.371. The van der Waals surface area contributed by atoms with Crippen LogP contribution in [0.1, 0.15) is 58.1 Å². The fourth-order valence-electron chi connectivity index (χ4n) is 5.42. The van der Waals surface area contributed by atoms with Crippen LogP contribution in [0.4, 0.5) is 5.69 Å². The minimum Gasteiger partial charge on any atom is -0.361 e. The van der Waals surface area contributed by atoms with Crippen molar-refractivity contribution in [3.63, 3.8) is 0 Å². The summed E-state index contributed by atoms with van der Waals surface area (Å²) in [5, 5.41) is 2.08. The van der Waals surface area contributed by atoms with Crippen LogP contribution in [0, 0.1) is 11.3 Å². The first-order chi connectivity index (χ1) is 17.1. The fourth-order valence-corrected chi connectivity index (χ4v) is 6.06. The zero-order valence-electron chi connectivity index (χ0n) is 21.7. The molecule has 2 aromatic carbocycles. The first-order valence-electron chi connectivity index (χ1n) is 13.1. The predicted molar refractivity (Wildman–Crippen MR) is 152 cm³/mol. The highest BCUT2D eigenvalue weighted by molar-refractivity contribution is 6.36. The smallest absolute Gasteiger partial charge is 0.223 e. The lowest BCUT2D eigenvalue weighted by atomic mass is 9.89. The summed E-state index contributed by atoms with van der Waals surface area (Å²) in [5.41, 5.74) is 2.31. The van der Waals surface area contributed by atoms with Gasteiger partial charge in [-0.3, -0.25) is 9.69 Å². The molecule has 0 bridgehead atoms. The zero-order chi connectivity index (χ0) is 25.9. The fraction of sp³-hybridized carbons (Fsp3) is 0.552. The van der Waals surface area contributed by atoms with Gasteiger partial charge in [0.15, 0.2) is 0 Å². The van der Waals surface area contributed by atoms with E-state index in [2.05, 4.69) is 47.6 Å². The number of nitrogens with zero attached hydrogens (tertiary/aromatic N) is 3. The van der Waals surface area contributed by atoms with Crippen molar-refractivity contribution in [2.75, 3.05) is 44.2 Å². The molecule has 0 aromatic heterocycles. The zero-order valence-corrected chi connectivity index (χ0v) is 23.9. The largest absolute Gasteiger partial charge is 0.361 e. The summed E-state index contributed by atoms with van der Waals surface area (Å²) in [6, 6.07) is 14.1. The summed E-state index contributed by atoms with van der Waals surface area (Å²) in [4.78, 5) is 19.7. The number of hydrogen-bond donors (Lipinski definition) is 0. The number of anilines is 1. The molecule has 36 heavy (non-hydrogen) atoms. The highest BCUT2D eigenvalue weighted by Crippen LogP contribution is 2.37. The molecule has 2 fully saturated rings. The van der Waals surface area contributed by atoms with Crippen LogP contribution in [-0.2, 0) is 4.79 Å². The lowest BCUT2D eigenvalue weighted by Gasteiger charge is -2.44. The summed E-state index contributed by atoms with van der Waals surface area (Å²) < 4.78 is 0. The number of amides is 1. The molecule has 2 aliphatic heterocycles. The maximum Gasteiger partial charge on any atom is 0.223 e. The molecule has 196 valence electrons. The van der Waals surface area contributed by atoms with Crippen LogP contribution in [0.5, 0.6) is 0 Å². The van der Waals surface area contributed by atoms with Crippen molar-refractivity contribution < 1.29 is 4.79 Å². The SMILES string of the molecule is CC(C)(C)CC(=O)N1CCC(CCN2CCN(c3ccc(Cl)cc3Cl)C(c3ccc(Cl)cc3)C2)CC1. The Kier molecular flexibility index (Phi) is 9.14. The molecule has 0 radical (unpaired) electrons. The first kappa shape index (κ1) is 27.6. The number of benzene rings is 2. The molecular formula is C29H38Cl3N3O. The molecule has 1 atom stereocenters. The third-order valence-corrected chi connectivity index (χ3v) is 8.23. The molecule has 7 heteroatoms. The Bertz CT molecular complexity index is 1030. The molecule has 0 spiro atoms. The lowest BCUT2D eigenvalue weighted by Crippen LogP contribution is -2.49. The summed E-state index contributed by atoms with van der Waals surface area (Å²) in [7, 11) is 0. The van der Waals surface area contributed by atoms with Crippen LogP contribution < -0.4 is 4.90 Å². The molecule has 2 saturated heterocycles. The second-order valence-electron chi connectivity index (χ2n) is 11.5. The molecule has 0 saturated carbocycles. The average Bonchev–Trinajstić information content (AvgIpc) is 2.83. The number of hydrogen-bond acceptors (Lipinski definition) is 3. The highest BCUT2D eigenvalue weighted by atomic mass is 35.5. The number of piperazine rings is 1. The molecule has 0 N–H and O–H groups in total. The number of carbonyl (C=O) groups excluding carboxylic acids is 1. The third-order valence-electron chi connectivity index (χ3n) is 7.44. The summed E-state index contributed by atoms with van der Waals surface area (Å²) >= 11 is 19.0. The van der Waals surface area contributed by atoms with Crippen LogP contribution in [0.2, 0.25) is 15.1 Å². The predicted octanol–water partition coefficient (Wildman–Crippen LogP) is 7.58. The molecule has 1 unspecified atom stereocenters. The second-order valence-corrected chi connectivity index (χ2v) is 12.8. The number of halogens is 3. The second kappa shape index (κ2) is 11.9. The van der Waals surface area contributed by atoms with Gasteiger partial charge in [-0.05, 0) is 73.0 Å². The van der Waals surface area contributed by atoms with Crippen LogP contribution in [0.3, 0.4) is 0 Å². The van der Waals surface area contributed by atoms with Crippen LogP contribution in [0.15, 0.2) is 42.5 Å². The van der Waals surface area contributed by atoms with Gasteiger partial charge in [-0.25, -0.2) is 0 Å². The molecule has 4 nitrogen and oxygen atoms in total. The van der Waals surface area contributed by atoms with E-state index in [0.29, 0.717) is 28.3 Å². The Morgan fingerprint density at radius 3 is 2.22 bits per heavy atom. The normalized spacial score (nSPS) is 20.1. The number of likely N-dealkylation sites (tertiary alicyclic amines) is 1. The monoisotopic (exact) mass is 549 g/mol. The van der Waals surface area contributed by atoms with Gasteiger partial charge in [0, 0.05) is 49.2 Å². The van der Waals surface area contributed by atoms with E-state index in [9.17, 15) is 4.79 Å². The Labute approximate surface area is 231 Å². The average molecular weight is 551 g/mol. The standard InChI is InChI=1S/C29H38Cl3N3O/c1-29(2,3)19-28(36)34-14-11-21(12-15-34)10-13-33-16-17-35(26-9-8-24(31)18-25(26)32)27(20-33)22-4-6-23(30)7-5-22/h4-9,18,21,27H,10-17,19-20H2,1-3H3. The minimum atomic E-state index is 0.0486. The van der Waals surface area contributed by atoms with Crippen LogP contribution in [-0.4, -0.2) is 55.0 Å². The topological polar surface area (TPSA) is 26.8 Å². The number of piperidine rings is 1. The third kappa shape index (κ3) is 7.31. The summed E-state index contributed by atoms with van der Waals surface area (Å²) in [6.45, 7) is 12.1. The van der Waals surface area contributed by atoms with Gasteiger partial charge >= 0.3 is 0 Å². The van der Waals surface area contributed by atoms with Gasteiger partial charge in [0.25, 0.3) is 0 Å². The molecule has 2 aliphatic rings. The lowest BCUT2D eigenvalue weighted by molar-refractivity contribution is -0.134. The van der Waals surface area contributed by atoms with E-state index in [1.165, 1.54) is 12.0 Å². The summed E-state index contributed by atoms with van der Waals surface area (Å²) in [6.07, 6.45) is 4.02. The molecule has 2 aromatic rings. The van der Waals surface area contributed by atoms with Gasteiger partial charge < -0.3 is 9.80 Å². The molecule has 2 heterocycles. The van der Waals surface area contributed by atoms with Crippen molar-refractivity contribution in [1.82, 2.24) is 9.80 Å². The van der Waals surface area contributed by atoms with E-state index in [0.717, 1.165) is 62.8 Å². The van der Waals surface area contributed by atoms with E-state index in [4.69, 9.17) is 34.8 Å². The Hall–Kier alpha value is -1.46. The molecule has 1 amide bonds. The maximum absolute atomic E-state index is 12.6. The van der Waals surface area contributed by atoms with Crippen molar-refractivity contribution in [1.29, 1.82) is 0 Å². The Morgan fingerprint density at radius 2 is 1.58 bits per heavy atom. The van der Waals surface area contributed by atoms with E-state index < -0.39 is 0 Å². The van der Waals surface area contributed by atoms with E-state index >= 15 is 0 Å². The number of rotatable bonds is 6. The molecule has 0 aliphatic carbocycles. The van der Waals surface area contributed by atoms with E-state index in [1.807, 2.05) is 30.3 Å². The van der Waals surface area contributed by atoms with Crippen molar-refractivity contribution in [3.05, 3.63) is 63.1 Å². The van der Waals surface area contributed by atoms with Gasteiger partial charge in [-0.1, -0.05) is 67.7 Å².